The summed E-state index contributed by atoms with van der Waals surface area (Å²) >= 11 is 0. The molecule has 0 saturated carbocycles. The number of benzene rings is 1. The molecule has 0 aliphatic carbocycles. The fourth-order valence-electron chi connectivity index (χ4n) is 2.49. The molecule has 0 atom stereocenters. The molecule has 1 aromatic heterocycles. The Bertz CT molecular complexity index is 598. The summed E-state index contributed by atoms with van der Waals surface area (Å²) in [6, 6.07) is 6.44. The minimum absolute atomic E-state index is 0.882. The van der Waals surface area contributed by atoms with Gasteiger partial charge in [-0.1, -0.05) is 31.5 Å². The number of unbranched alkanes of at least 4 members (excludes halogenated alkanes) is 1. The van der Waals surface area contributed by atoms with Crippen molar-refractivity contribution in [2.45, 2.75) is 33.1 Å². The first kappa shape index (κ1) is 15.4. The highest BCUT2D eigenvalue weighted by Crippen LogP contribution is 2.21. The van der Waals surface area contributed by atoms with E-state index in [2.05, 4.69) is 58.9 Å². The molecule has 0 aliphatic heterocycles. The second-order valence-electron chi connectivity index (χ2n) is 5.34. The molecular formula is C17H26N4. The van der Waals surface area contributed by atoms with Gasteiger partial charge in [-0.15, -0.1) is 0 Å². The molecule has 21 heavy (non-hydrogen) atoms. The molecule has 4 nitrogen and oxygen atoms in total. The van der Waals surface area contributed by atoms with Gasteiger partial charge in [-0.05, 0) is 30.9 Å². The molecule has 0 unspecified atom stereocenters. The van der Waals surface area contributed by atoms with Crippen molar-refractivity contribution < 1.29 is 0 Å². The van der Waals surface area contributed by atoms with Crippen molar-refractivity contribution in [2.24, 2.45) is 4.99 Å². The Labute approximate surface area is 127 Å². The Morgan fingerprint density at radius 3 is 2.81 bits per heavy atom. The number of guanidine groups is 1. The quantitative estimate of drug-likeness (QED) is 0.434. The van der Waals surface area contributed by atoms with Gasteiger partial charge >= 0.3 is 0 Å². The number of nitrogens with zero attached hydrogens (tertiary/aromatic N) is 1. The zero-order valence-corrected chi connectivity index (χ0v) is 13.3. The standard InChI is InChI=1S/C17H26N4/c1-4-5-10-19-17(18-3)20-11-9-14-12-21-16-13(2)7-6-8-15(14)16/h6-8,12,21H,4-5,9-11H2,1-3H3,(H2,18,19,20). The Kier molecular flexibility index (Phi) is 5.67. The fourth-order valence-corrected chi connectivity index (χ4v) is 2.49. The molecule has 1 heterocycles. The summed E-state index contributed by atoms with van der Waals surface area (Å²) < 4.78 is 0. The molecule has 2 aromatic rings. The first-order valence-corrected chi connectivity index (χ1v) is 7.76. The van der Waals surface area contributed by atoms with Crippen LogP contribution in [0.25, 0.3) is 10.9 Å². The van der Waals surface area contributed by atoms with Crippen LogP contribution in [0.15, 0.2) is 29.4 Å². The highest BCUT2D eigenvalue weighted by molar-refractivity contribution is 5.86. The van der Waals surface area contributed by atoms with Gasteiger partial charge < -0.3 is 15.6 Å². The van der Waals surface area contributed by atoms with Crippen molar-refractivity contribution in [3.8, 4) is 0 Å². The first-order valence-electron chi connectivity index (χ1n) is 7.76. The predicted molar refractivity (Wildman–Crippen MR) is 91.0 cm³/mol. The molecule has 0 fully saturated rings. The summed E-state index contributed by atoms with van der Waals surface area (Å²) in [6.45, 7) is 6.19. The lowest BCUT2D eigenvalue weighted by Gasteiger charge is -2.11. The van der Waals surface area contributed by atoms with Crippen LogP contribution in [-0.2, 0) is 6.42 Å². The lowest BCUT2D eigenvalue weighted by molar-refractivity contribution is 0.727. The van der Waals surface area contributed by atoms with Crippen molar-refractivity contribution in [3.05, 3.63) is 35.5 Å². The number of aliphatic imine (C=N–C) groups is 1. The molecule has 0 aliphatic rings. The van der Waals surface area contributed by atoms with Crippen molar-refractivity contribution >= 4 is 16.9 Å². The fraction of sp³-hybridized carbons (Fsp3) is 0.471. The zero-order chi connectivity index (χ0) is 15.1. The summed E-state index contributed by atoms with van der Waals surface area (Å²) in [7, 11) is 1.82. The third-order valence-electron chi connectivity index (χ3n) is 3.74. The van der Waals surface area contributed by atoms with Crippen LogP contribution in [0.2, 0.25) is 0 Å². The van der Waals surface area contributed by atoms with E-state index in [0.29, 0.717) is 0 Å². The third kappa shape index (κ3) is 4.00. The summed E-state index contributed by atoms with van der Waals surface area (Å²) in [6.07, 6.45) is 5.46. The van der Waals surface area contributed by atoms with Crippen LogP contribution in [0.3, 0.4) is 0 Å². The number of para-hydroxylation sites is 1. The summed E-state index contributed by atoms with van der Waals surface area (Å²) in [5, 5.41) is 8.02. The molecule has 1 aromatic carbocycles. The Balaban J connectivity index is 1.89. The van der Waals surface area contributed by atoms with Gasteiger partial charge in [0.2, 0.25) is 0 Å². The molecule has 0 saturated heterocycles. The maximum atomic E-state index is 4.24. The number of hydrogen-bond acceptors (Lipinski definition) is 1. The van der Waals surface area contributed by atoms with Crippen LogP contribution < -0.4 is 10.6 Å². The smallest absolute Gasteiger partial charge is 0.190 e. The normalized spacial score (nSPS) is 11.9. The van der Waals surface area contributed by atoms with Gasteiger partial charge in [0.15, 0.2) is 5.96 Å². The lowest BCUT2D eigenvalue weighted by atomic mass is 10.1. The minimum atomic E-state index is 0.882. The Hall–Kier alpha value is -1.97. The maximum Gasteiger partial charge on any atom is 0.190 e. The average molecular weight is 286 g/mol. The van der Waals surface area contributed by atoms with E-state index in [1.807, 2.05) is 7.05 Å². The number of rotatable bonds is 6. The van der Waals surface area contributed by atoms with Gasteiger partial charge in [-0.3, -0.25) is 4.99 Å². The van der Waals surface area contributed by atoms with Crippen LogP contribution in [-0.4, -0.2) is 31.1 Å². The molecule has 114 valence electrons. The van der Waals surface area contributed by atoms with E-state index in [4.69, 9.17) is 0 Å². The van der Waals surface area contributed by atoms with Crippen molar-refractivity contribution in [3.63, 3.8) is 0 Å². The van der Waals surface area contributed by atoms with Crippen molar-refractivity contribution in [1.82, 2.24) is 15.6 Å². The second-order valence-corrected chi connectivity index (χ2v) is 5.34. The van der Waals surface area contributed by atoms with Crippen LogP contribution in [0.1, 0.15) is 30.9 Å². The zero-order valence-electron chi connectivity index (χ0n) is 13.3. The van der Waals surface area contributed by atoms with Gasteiger partial charge in [0, 0.05) is 37.2 Å². The average Bonchev–Trinajstić information content (AvgIpc) is 2.90. The summed E-state index contributed by atoms with van der Waals surface area (Å²) in [5.74, 6) is 0.888. The predicted octanol–water partition coefficient (Wildman–Crippen LogP) is 2.98. The Morgan fingerprint density at radius 2 is 2.05 bits per heavy atom. The van der Waals surface area contributed by atoms with Gasteiger partial charge in [-0.25, -0.2) is 0 Å². The molecule has 0 bridgehead atoms. The summed E-state index contributed by atoms with van der Waals surface area (Å²) in [5.41, 5.74) is 3.90. The monoisotopic (exact) mass is 286 g/mol. The van der Waals surface area contributed by atoms with Crippen LogP contribution in [0, 0.1) is 6.92 Å². The summed E-state index contributed by atoms with van der Waals surface area (Å²) in [4.78, 5) is 7.62. The van der Waals surface area contributed by atoms with Crippen LogP contribution in [0.4, 0.5) is 0 Å². The van der Waals surface area contributed by atoms with Gasteiger partial charge in [0.25, 0.3) is 0 Å². The van der Waals surface area contributed by atoms with Crippen LogP contribution in [0.5, 0.6) is 0 Å². The first-order chi connectivity index (χ1) is 10.3. The van der Waals surface area contributed by atoms with E-state index < -0.39 is 0 Å². The van der Waals surface area contributed by atoms with E-state index in [0.717, 1.165) is 25.5 Å². The van der Waals surface area contributed by atoms with Gasteiger partial charge in [0.1, 0.15) is 0 Å². The molecule has 3 N–H and O–H groups in total. The lowest BCUT2D eigenvalue weighted by Crippen LogP contribution is -2.38. The van der Waals surface area contributed by atoms with E-state index in [1.165, 1.54) is 34.9 Å². The number of aryl methyl sites for hydroxylation is 1. The Morgan fingerprint density at radius 1 is 1.24 bits per heavy atom. The van der Waals surface area contributed by atoms with E-state index >= 15 is 0 Å². The van der Waals surface area contributed by atoms with Gasteiger partial charge in [0.05, 0.1) is 0 Å². The topological polar surface area (TPSA) is 52.2 Å². The number of H-pyrrole nitrogens is 1. The highest BCUT2D eigenvalue weighted by Gasteiger charge is 2.05. The van der Waals surface area contributed by atoms with E-state index in [1.54, 1.807) is 0 Å². The highest BCUT2D eigenvalue weighted by atomic mass is 15.2. The molecular weight excluding hydrogens is 260 g/mol. The molecule has 4 heteroatoms. The minimum Gasteiger partial charge on any atom is -0.361 e. The van der Waals surface area contributed by atoms with E-state index in [9.17, 15) is 0 Å². The number of hydrogen-bond donors (Lipinski definition) is 3. The third-order valence-corrected chi connectivity index (χ3v) is 3.74. The number of fused-ring (bicyclic) bond motifs is 1. The number of aromatic nitrogens is 1. The van der Waals surface area contributed by atoms with Crippen LogP contribution >= 0.6 is 0 Å². The number of aromatic amines is 1. The van der Waals surface area contributed by atoms with Crippen molar-refractivity contribution in [2.75, 3.05) is 20.1 Å². The van der Waals surface area contributed by atoms with Gasteiger partial charge in [-0.2, -0.15) is 0 Å². The molecule has 0 spiro atoms. The largest absolute Gasteiger partial charge is 0.361 e. The molecule has 0 amide bonds. The van der Waals surface area contributed by atoms with E-state index in [-0.39, 0.29) is 0 Å². The SMILES string of the molecule is CCCCNC(=NC)NCCc1c[nH]c2c(C)cccc12. The second kappa shape index (κ2) is 7.72. The molecule has 2 rings (SSSR count). The maximum absolute atomic E-state index is 4.24. The van der Waals surface area contributed by atoms with Crippen molar-refractivity contribution in [1.29, 1.82) is 0 Å². The number of nitrogens with one attached hydrogen (secondary N) is 3. The molecule has 0 radical (unpaired) electrons.